The molecule has 2 N–H and O–H groups in total. The third-order valence-corrected chi connectivity index (χ3v) is 4.39. The molecule has 0 spiro atoms. The number of benzene rings is 1. The van der Waals surface area contributed by atoms with Gasteiger partial charge in [-0.15, -0.1) is 0 Å². The smallest absolute Gasteiger partial charge is 0.134 e. The Balaban J connectivity index is 1.73. The fourth-order valence-electron chi connectivity index (χ4n) is 3.07. The van der Waals surface area contributed by atoms with Gasteiger partial charge in [0.25, 0.3) is 0 Å². The highest BCUT2D eigenvalue weighted by molar-refractivity contribution is 5.82. The first-order valence-electron chi connectivity index (χ1n) is 7.59. The third kappa shape index (κ3) is 2.74. The van der Waals surface area contributed by atoms with Gasteiger partial charge in [0.05, 0.1) is 19.3 Å². The number of hydrogen-bond acceptors (Lipinski definition) is 3. The van der Waals surface area contributed by atoms with Gasteiger partial charge >= 0.3 is 0 Å². The summed E-state index contributed by atoms with van der Waals surface area (Å²) in [7, 11) is 0. The number of nitrogens with two attached hydrogens (primary N) is 1. The molecule has 0 aliphatic heterocycles. The van der Waals surface area contributed by atoms with Crippen LogP contribution >= 0.6 is 0 Å². The van der Waals surface area contributed by atoms with E-state index in [4.69, 9.17) is 14.9 Å². The Morgan fingerprint density at radius 3 is 2.70 bits per heavy atom. The molecule has 3 heteroatoms. The number of furan rings is 1. The van der Waals surface area contributed by atoms with E-state index in [0.29, 0.717) is 19.3 Å². The molecule has 0 radical (unpaired) electrons. The van der Waals surface area contributed by atoms with Crippen molar-refractivity contribution in [3.8, 4) is 0 Å². The van der Waals surface area contributed by atoms with E-state index in [1.54, 1.807) is 0 Å². The first kappa shape index (κ1) is 13.7. The molecule has 1 aliphatic carbocycles. The molecule has 0 bridgehead atoms. The van der Waals surface area contributed by atoms with Crippen LogP contribution in [0.25, 0.3) is 11.0 Å². The number of para-hydroxylation sites is 1. The maximum absolute atomic E-state index is 6.11. The van der Waals surface area contributed by atoms with Gasteiger partial charge in [-0.1, -0.05) is 25.1 Å². The van der Waals surface area contributed by atoms with Crippen LogP contribution < -0.4 is 5.73 Å². The summed E-state index contributed by atoms with van der Waals surface area (Å²) in [4.78, 5) is 0. The summed E-state index contributed by atoms with van der Waals surface area (Å²) in [6.07, 6.45) is 5.30. The van der Waals surface area contributed by atoms with E-state index in [9.17, 15) is 0 Å². The van der Waals surface area contributed by atoms with Gasteiger partial charge < -0.3 is 14.9 Å². The lowest BCUT2D eigenvalue weighted by molar-refractivity contribution is 0.00863. The van der Waals surface area contributed by atoms with E-state index in [2.05, 4.69) is 13.0 Å². The molecule has 108 valence electrons. The van der Waals surface area contributed by atoms with E-state index in [1.165, 1.54) is 25.7 Å². The van der Waals surface area contributed by atoms with E-state index < -0.39 is 0 Å². The summed E-state index contributed by atoms with van der Waals surface area (Å²) in [5, 5.41) is 1.14. The van der Waals surface area contributed by atoms with E-state index in [1.807, 2.05) is 18.2 Å². The number of ether oxygens (including phenoxy) is 1. The van der Waals surface area contributed by atoms with Crippen molar-refractivity contribution in [3.05, 3.63) is 35.6 Å². The van der Waals surface area contributed by atoms with Gasteiger partial charge in [-0.25, -0.2) is 0 Å². The van der Waals surface area contributed by atoms with Crippen LogP contribution in [0.5, 0.6) is 0 Å². The fraction of sp³-hybridized carbons (Fsp3) is 0.529. The van der Waals surface area contributed by atoms with Crippen LogP contribution in [0.1, 0.15) is 43.9 Å². The topological polar surface area (TPSA) is 48.4 Å². The molecule has 0 atom stereocenters. The fourth-order valence-corrected chi connectivity index (χ4v) is 3.07. The Kier molecular flexibility index (Phi) is 4.08. The average Bonchev–Trinajstić information content (AvgIpc) is 2.84. The second-order valence-corrected chi connectivity index (χ2v) is 5.90. The lowest BCUT2D eigenvalue weighted by Gasteiger charge is -2.26. The van der Waals surface area contributed by atoms with E-state index in [0.717, 1.165) is 28.2 Å². The molecular weight excluding hydrogens is 250 g/mol. The first-order chi connectivity index (χ1) is 9.78. The minimum Gasteiger partial charge on any atom is -0.459 e. The zero-order chi connectivity index (χ0) is 13.9. The SMILES string of the molecule is CC1CCC(OCc2c(CN)oc3ccccc23)CC1. The van der Waals surface area contributed by atoms with Crippen molar-refractivity contribution in [2.75, 3.05) is 0 Å². The lowest BCUT2D eigenvalue weighted by Crippen LogP contribution is -2.20. The van der Waals surface area contributed by atoms with Gasteiger partial charge in [0.1, 0.15) is 11.3 Å². The van der Waals surface area contributed by atoms with Crippen molar-refractivity contribution in [1.29, 1.82) is 0 Å². The molecule has 20 heavy (non-hydrogen) atoms. The predicted molar refractivity (Wildman–Crippen MR) is 80.3 cm³/mol. The van der Waals surface area contributed by atoms with Crippen molar-refractivity contribution in [3.63, 3.8) is 0 Å². The van der Waals surface area contributed by atoms with E-state index >= 15 is 0 Å². The molecule has 2 aromatic rings. The molecule has 1 fully saturated rings. The molecule has 1 aliphatic rings. The number of rotatable bonds is 4. The molecule has 0 amide bonds. The first-order valence-corrected chi connectivity index (χ1v) is 7.59. The highest BCUT2D eigenvalue weighted by Gasteiger charge is 2.20. The van der Waals surface area contributed by atoms with Crippen molar-refractivity contribution >= 4 is 11.0 Å². The van der Waals surface area contributed by atoms with Gasteiger partial charge in [-0.3, -0.25) is 0 Å². The predicted octanol–water partition coefficient (Wildman–Crippen LogP) is 3.99. The van der Waals surface area contributed by atoms with Crippen LogP contribution in [0.3, 0.4) is 0 Å². The second kappa shape index (κ2) is 5.98. The molecular formula is C17H23NO2. The summed E-state index contributed by atoms with van der Waals surface area (Å²) >= 11 is 0. The Hall–Kier alpha value is -1.32. The van der Waals surface area contributed by atoms with Crippen LogP contribution in [0.15, 0.2) is 28.7 Å². The Morgan fingerprint density at radius 1 is 1.20 bits per heavy atom. The van der Waals surface area contributed by atoms with Crippen molar-refractivity contribution in [1.82, 2.24) is 0 Å². The van der Waals surface area contributed by atoms with Crippen LogP contribution in [0, 0.1) is 5.92 Å². The minimum atomic E-state index is 0.394. The van der Waals surface area contributed by atoms with Crippen molar-refractivity contribution < 1.29 is 9.15 Å². The zero-order valence-corrected chi connectivity index (χ0v) is 12.1. The summed E-state index contributed by atoms with van der Waals surface area (Å²) in [5.41, 5.74) is 7.83. The van der Waals surface area contributed by atoms with Crippen LogP contribution in [0.4, 0.5) is 0 Å². The molecule has 1 aromatic heterocycles. The quantitative estimate of drug-likeness (QED) is 0.916. The summed E-state index contributed by atoms with van der Waals surface area (Å²) < 4.78 is 11.9. The number of hydrogen-bond donors (Lipinski definition) is 1. The summed E-state index contributed by atoms with van der Waals surface area (Å²) in [5.74, 6) is 1.71. The largest absolute Gasteiger partial charge is 0.459 e. The van der Waals surface area contributed by atoms with Gasteiger partial charge in [0, 0.05) is 10.9 Å². The molecule has 3 nitrogen and oxygen atoms in total. The molecule has 1 heterocycles. The van der Waals surface area contributed by atoms with Crippen molar-refractivity contribution in [2.24, 2.45) is 11.7 Å². The highest BCUT2D eigenvalue weighted by atomic mass is 16.5. The van der Waals surface area contributed by atoms with E-state index in [-0.39, 0.29) is 0 Å². The Bertz CT molecular complexity index is 567. The second-order valence-electron chi connectivity index (χ2n) is 5.90. The Morgan fingerprint density at radius 2 is 1.95 bits per heavy atom. The monoisotopic (exact) mass is 273 g/mol. The van der Waals surface area contributed by atoms with Crippen LogP contribution in [-0.4, -0.2) is 6.10 Å². The number of fused-ring (bicyclic) bond motifs is 1. The summed E-state index contributed by atoms with van der Waals surface area (Å²) in [6, 6.07) is 8.09. The minimum absolute atomic E-state index is 0.394. The maximum atomic E-state index is 6.11. The highest BCUT2D eigenvalue weighted by Crippen LogP contribution is 2.29. The standard InChI is InChI=1S/C17H23NO2/c1-12-6-8-13(9-7-12)19-11-15-14-4-2-3-5-16(14)20-17(15)10-18/h2-5,12-13H,6-11,18H2,1H3. The summed E-state index contributed by atoms with van der Waals surface area (Å²) in [6.45, 7) is 3.37. The zero-order valence-electron chi connectivity index (χ0n) is 12.1. The van der Waals surface area contributed by atoms with Crippen LogP contribution in [-0.2, 0) is 17.9 Å². The lowest BCUT2D eigenvalue weighted by atomic mass is 9.89. The molecule has 1 aromatic carbocycles. The van der Waals surface area contributed by atoms with Crippen molar-refractivity contribution in [2.45, 2.75) is 51.9 Å². The Labute approximate surface area is 120 Å². The van der Waals surface area contributed by atoms with Gasteiger partial charge in [0.15, 0.2) is 0 Å². The molecule has 3 rings (SSSR count). The van der Waals surface area contributed by atoms with Crippen LogP contribution in [0.2, 0.25) is 0 Å². The average molecular weight is 273 g/mol. The molecule has 1 saturated carbocycles. The normalized spacial score (nSPS) is 23.3. The van der Waals surface area contributed by atoms with Gasteiger partial charge in [-0.2, -0.15) is 0 Å². The molecule has 0 unspecified atom stereocenters. The third-order valence-electron chi connectivity index (χ3n) is 4.39. The van der Waals surface area contributed by atoms with Gasteiger partial charge in [0.2, 0.25) is 0 Å². The van der Waals surface area contributed by atoms with Gasteiger partial charge in [-0.05, 0) is 37.7 Å². The molecule has 0 saturated heterocycles. The maximum Gasteiger partial charge on any atom is 0.134 e.